The Morgan fingerprint density at radius 1 is 0.923 bits per heavy atom. The van der Waals surface area contributed by atoms with Gasteiger partial charge in [0.2, 0.25) is 0 Å². The second-order valence-corrected chi connectivity index (χ2v) is 6.98. The van der Waals surface area contributed by atoms with Gasteiger partial charge in [0.1, 0.15) is 0 Å². The highest BCUT2D eigenvalue weighted by Crippen LogP contribution is 2.21. The molecule has 0 saturated heterocycles. The summed E-state index contributed by atoms with van der Waals surface area (Å²) in [6.45, 7) is 4.55. The zero-order valence-corrected chi connectivity index (χ0v) is 15.1. The van der Waals surface area contributed by atoms with Crippen molar-refractivity contribution in [2.24, 2.45) is 7.05 Å². The molecule has 0 aliphatic carbocycles. The average molecular weight is 347 g/mol. The van der Waals surface area contributed by atoms with Crippen molar-refractivity contribution in [3.8, 4) is 0 Å². The first-order valence-corrected chi connectivity index (χ1v) is 8.75. The summed E-state index contributed by atoms with van der Waals surface area (Å²) in [6, 6.07) is 14.5. The maximum atomic E-state index is 12.5. The minimum Gasteiger partial charge on any atom is -0.347 e. The lowest BCUT2D eigenvalue weighted by atomic mass is 10.0. The molecule has 2 heterocycles. The number of hydrogen-bond donors (Lipinski definition) is 0. The first-order valence-electron chi connectivity index (χ1n) is 8.75. The summed E-state index contributed by atoms with van der Waals surface area (Å²) in [7, 11) is 1.53. The van der Waals surface area contributed by atoms with Crippen molar-refractivity contribution >= 4 is 21.7 Å². The highest BCUT2D eigenvalue weighted by molar-refractivity contribution is 5.85. The van der Waals surface area contributed by atoms with E-state index in [0.717, 1.165) is 0 Å². The van der Waals surface area contributed by atoms with Gasteiger partial charge in [-0.3, -0.25) is 13.9 Å². The van der Waals surface area contributed by atoms with Crippen molar-refractivity contribution in [2.75, 3.05) is 0 Å². The van der Waals surface area contributed by atoms with Gasteiger partial charge in [-0.05, 0) is 30.2 Å². The summed E-state index contributed by atoms with van der Waals surface area (Å²) < 4.78 is 4.85. The summed E-state index contributed by atoms with van der Waals surface area (Å²) in [5.41, 5.74) is 1.34. The Morgan fingerprint density at radius 2 is 1.65 bits per heavy atom. The molecule has 0 spiro atoms. The van der Waals surface area contributed by atoms with Crippen LogP contribution in [0.4, 0.5) is 0 Å². The molecule has 0 aliphatic rings. The highest BCUT2D eigenvalue weighted by Gasteiger charge is 2.15. The number of fused-ring (bicyclic) bond motifs is 2. The van der Waals surface area contributed by atoms with E-state index in [0.29, 0.717) is 17.4 Å². The lowest BCUT2D eigenvalue weighted by molar-refractivity contribution is 0.556. The van der Waals surface area contributed by atoms with Gasteiger partial charge in [0, 0.05) is 32.0 Å². The maximum Gasteiger partial charge on any atom is 0.331 e. The molecule has 4 aromatic rings. The topological polar surface area (TPSA) is 48.9 Å². The molecule has 0 atom stereocenters. The number of aromatic nitrogens is 3. The van der Waals surface area contributed by atoms with Crippen molar-refractivity contribution in [1.29, 1.82) is 0 Å². The minimum atomic E-state index is -0.277. The number of hydrogen-bond acceptors (Lipinski definition) is 2. The van der Waals surface area contributed by atoms with Crippen molar-refractivity contribution in [2.45, 2.75) is 26.4 Å². The fraction of sp³-hybridized carbons (Fsp3) is 0.238. The predicted molar refractivity (Wildman–Crippen MR) is 105 cm³/mol. The SMILES string of the molecule is CC(C)n1c(=O)n(C)c(=O)c2cn(Cc3cccc4ccccc34)cc21. The number of nitrogens with zero attached hydrogens (tertiary/aromatic N) is 3. The first-order chi connectivity index (χ1) is 12.5. The van der Waals surface area contributed by atoms with E-state index in [-0.39, 0.29) is 17.3 Å². The van der Waals surface area contributed by atoms with Gasteiger partial charge in [0.25, 0.3) is 5.56 Å². The third kappa shape index (κ3) is 2.47. The molecule has 0 N–H and O–H groups in total. The third-order valence-electron chi connectivity index (χ3n) is 4.90. The lowest BCUT2D eigenvalue weighted by Crippen LogP contribution is -2.38. The van der Waals surface area contributed by atoms with Gasteiger partial charge in [-0.15, -0.1) is 0 Å². The second kappa shape index (κ2) is 6.02. The van der Waals surface area contributed by atoms with E-state index >= 15 is 0 Å². The van der Waals surface area contributed by atoms with Crippen LogP contribution in [0.3, 0.4) is 0 Å². The highest BCUT2D eigenvalue weighted by atomic mass is 16.2. The molecule has 0 radical (unpaired) electrons. The van der Waals surface area contributed by atoms with Crippen LogP contribution in [0.15, 0.2) is 64.4 Å². The first kappa shape index (κ1) is 16.4. The summed E-state index contributed by atoms with van der Waals surface area (Å²) in [5.74, 6) is 0. The molecule has 0 fully saturated rings. The lowest BCUT2D eigenvalue weighted by Gasteiger charge is -2.12. The largest absolute Gasteiger partial charge is 0.347 e. The fourth-order valence-electron chi connectivity index (χ4n) is 3.60. The smallest absolute Gasteiger partial charge is 0.331 e. The van der Waals surface area contributed by atoms with Crippen LogP contribution in [-0.2, 0) is 13.6 Å². The van der Waals surface area contributed by atoms with E-state index in [1.807, 2.05) is 49.0 Å². The standard InChI is InChI=1S/C21H21N3O2/c1-14(2)24-19-13-23(12-18(19)20(25)22(3)21(24)26)11-16-9-6-8-15-7-4-5-10-17(15)16/h4-10,12-14H,11H2,1-3H3. The molecule has 5 nitrogen and oxygen atoms in total. The van der Waals surface area contributed by atoms with Gasteiger partial charge in [-0.2, -0.15) is 0 Å². The van der Waals surface area contributed by atoms with Gasteiger partial charge in [-0.1, -0.05) is 42.5 Å². The predicted octanol–water partition coefficient (Wildman–Crippen LogP) is 3.28. The summed E-state index contributed by atoms with van der Waals surface area (Å²) in [6.07, 6.45) is 3.75. The van der Waals surface area contributed by atoms with Crippen molar-refractivity contribution in [3.05, 3.63) is 81.3 Å². The normalized spacial score (nSPS) is 11.7. The van der Waals surface area contributed by atoms with Gasteiger partial charge in [-0.25, -0.2) is 4.79 Å². The van der Waals surface area contributed by atoms with E-state index in [1.54, 1.807) is 4.57 Å². The van der Waals surface area contributed by atoms with Crippen molar-refractivity contribution in [3.63, 3.8) is 0 Å². The van der Waals surface area contributed by atoms with Gasteiger partial charge in [0.15, 0.2) is 0 Å². The van der Waals surface area contributed by atoms with Crippen LogP contribution in [-0.4, -0.2) is 13.7 Å². The Hall–Kier alpha value is -3.08. The van der Waals surface area contributed by atoms with Gasteiger partial charge < -0.3 is 4.57 Å². The van der Waals surface area contributed by atoms with Crippen LogP contribution < -0.4 is 11.2 Å². The molecule has 0 unspecified atom stereocenters. The molecule has 0 saturated carbocycles. The van der Waals surface area contributed by atoms with Crippen molar-refractivity contribution < 1.29 is 0 Å². The van der Waals surface area contributed by atoms with Crippen LogP contribution in [0.25, 0.3) is 21.7 Å². The van der Waals surface area contributed by atoms with E-state index in [4.69, 9.17) is 0 Å². The van der Waals surface area contributed by atoms with Crippen LogP contribution in [0.5, 0.6) is 0 Å². The second-order valence-electron chi connectivity index (χ2n) is 6.98. The summed E-state index contributed by atoms with van der Waals surface area (Å²) >= 11 is 0. The van der Waals surface area contributed by atoms with E-state index in [2.05, 4.69) is 24.3 Å². The minimum absolute atomic E-state index is 0.0230. The Labute approximate surface area is 150 Å². The molecular weight excluding hydrogens is 326 g/mol. The molecule has 0 bridgehead atoms. The monoisotopic (exact) mass is 347 g/mol. The molecule has 5 heteroatoms. The van der Waals surface area contributed by atoms with Crippen molar-refractivity contribution in [1.82, 2.24) is 13.7 Å². The zero-order valence-electron chi connectivity index (χ0n) is 15.1. The van der Waals surface area contributed by atoms with Crippen LogP contribution in [0.2, 0.25) is 0 Å². The van der Waals surface area contributed by atoms with Gasteiger partial charge >= 0.3 is 5.69 Å². The van der Waals surface area contributed by atoms with E-state index in [9.17, 15) is 9.59 Å². The molecule has 26 heavy (non-hydrogen) atoms. The molecule has 132 valence electrons. The van der Waals surface area contributed by atoms with E-state index < -0.39 is 0 Å². The van der Waals surface area contributed by atoms with Crippen LogP contribution >= 0.6 is 0 Å². The maximum absolute atomic E-state index is 12.5. The van der Waals surface area contributed by atoms with Crippen LogP contribution in [0.1, 0.15) is 25.5 Å². The third-order valence-corrected chi connectivity index (χ3v) is 4.90. The molecule has 4 rings (SSSR count). The molecular formula is C21H21N3O2. The Bertz CT molecular complexity index is 1240. The fourth-order valence-corrected chi connectivity index (χ4v) is 3.60. The quantitative estimate of drug-likeness (QED) is 0.571. The number of rotatable bonds is 3. The number of benzene rings is 2. The Balaban J connectivity index is 1.91. The van der Waals surface area contributed by atoms with E-state index in [1.165, 1.54) is 28.0 Å². The molecule has 2 aromatic carbocycles. The Kier molecular flexibility index (Phi) is 3.80. The Morgan fingerprint density at radius 3 is 2.42 bits per heavy atom. The summed E-state index contributed by atoms with van der Waals surface area (Å²) in [5, 5.41) is 2.96. The molecule has 0 aliphatic heterocycles. The summed E-state index contributed by atoms with van der Waals surface area (Å²) in [4.78, 5) is 25.0. The van der Waals surface area contributed by atoms with Crippen LogP contribution in [0, 0.1) is 0 Å². The zero-order chi connectivity index (χ0) is 18.4. The molecule has 0 amide bonds. The average Bonchev–Trinajstić information content (AvgIpc) is 3.03. The van der Waals surface area contributed by atoms with Gasteiger partial charge in [0.05, 0.1) is 10.9 Å². The molecule has 2 aromatic heterocycles.